The molecule has 0 saturated carbocycles. The molecule has 1 aromatic rings. The third kappa shape index (κ3) is 3.62. The second-order valence-electron chi connectivity index (χ2n) is 3.79. The second-order valence-corrected chi connectivity index (χ2v) is 3.79. The third-order valence-electron chi connectivity index (χ3n) is 2.48. The Kier molecular flexibility index (Phi) is 4.98. The summed E-state index contributed by atoms with van der Waals surface area (Å²) in [6, 6.07) is 0.624. The average molecular weight is 298 g/mol. The molecule has 0 aliphatic rings. The number of nitrogens with zero attached hydrogens (tertiary/aromatic N) is 1. The van der Waals surface area contributed by atoms with Gasteiger partial charge in [-0.05, 0) is 11.6 Å². The highest BCUT2D eigenvalue weighted by Gasteiger charge is 2.38. The van der Waals surface area contributed by atoms with Crippen LogP contribution in [0.5, 0.6) is 0 Å². The third-order valence-corrected chi connectivity index (χ3v) is 2.48. The van der Waals surface area contributed by atoms with Crippen molar-refractivity contribution in [3.63, 3.8) is 0 Å². The van der Waals surface area contributed by atoms with Crippen LogP contribution in [0.4, 0.5) is 22.0 Å². The lowest BCUT2D eigenvalue weighted by Gasteiger charge is -2.15. The monoisotopic (exact) mass is 298 g/mol. The summed E-state index contributed by atoms with van der Waals surface area (Å²) < 4.78 is 67.7. The van der Waals surface area contributed by atoms with Gasteiger partial charge in [-0.2, -0.15) is 13.2 Å². The second kappa shape index (κ2) is 6.12. The SMILES string of the molecule is COC(=O)Cc1nc(C(F)(F)F)c(C(F)F)cc1CN. The molecule has 0 radical (unpaired) electrons. The Bertz CT molecular complexity index is 502. The molecule has 0 atom stereocenters. The van der Waals surface area contributed by atoms with E-state index in [0.717, 1.165) is 7.11 Å². The maximum absolute atomic E-state index is 12.7. The van der Waals surface area contributed by atoms with Crippen molar-refractivity contribution in [3.8, 4) is 0 Å². The Labute approximate surface area is 110 Å². The molecular weight excluding hydrogens is 287 g/mol. The van der Waals surface area contributed by atoms with E-state index in [9.17, 15) is 26.7 Å². The van der Waals surface area contributed by atoms with E-state index in [4.69, 9.17) is 5.73 Å². The summed E-state index contributed by atoms with van der Waals surface area (Å²) in [6.45, 7) is -0.322. The minimum atomic E-state index is -5.05. The molecule has 1 rings (SSSR count). The molecule has 20 heavy (non-hydrogen) atoms. The number of rotatable bonds is 4. The lowest BCUT2D eigenvalue weighted by Crippen LogP contribution is -2.19. The summed E-state index contributed by atoms with van der Waals surface area (Å²) in [4.78, 5) is 14.2. The van der Waals surface area contributed by atoms with Crippen molar-refractivity contribution in [2.24, 2.45) is 5.73 Å². The molecule has 1 aromatic heterocycles. The summed E-state index contributed by atoms with van der Waals surface area (Å²) in [5.74, 6) is -0.842. The van der Waals surface area contributed by atoms with Crippen LogP contribution in [-0.4, -0.2) is 18.1 Å². The summed E-state index contributed by atoms with van der Waals surface area (Å²) >= 11 is 0. The van der Waals surface area contributed by atoms with Gasteiger partial charge in [0, 0.05) is 12.1 Å². The number of aromatic nitrogens is 1. The smallest absolute Gasteiger partial charge is 0.433 e. The fourth-order valence-corrected chi connectivity index (χ4v) is 1.54. The predicted octanol–water partition coefficient (Wildman–Crippen LogP) is 2.21. The largest absolute Gasteiger partial charge is 0.469 e. The van der Waals surface area contributed by atoms with Crippen LogP contribution in [0.2, 0.25) is 0 Å². The van der Waals surface area contributed by atoms with Crippen LogP contribution < -0.4 is 5.73 Å². The van der Waals surface area contributed by atoms with Crippen LogP contribution in [-0.2, 0) is 28.7 Å². The van der Waals surface area contributed by atoms with Gasteiger partial charge in [-0.1, -0.05) is 0 Å². The quantitative estimate of drug-likeness (QED) is 0.683. The molecule has 0 fully saturated rings. The van der Waals surface area contributed by atoms with Gasteiger partial charge in [0.05, 0.1) is 19.2 Å². The molecule has 0 spiro atoms. The minimum absolute atomic E-state index is 0.0568. The van der Waals surface area contributed by atoms with Crippen molar-refractivity contribution >= 4 is 5.97 Å². The topological polar surface area (TPSA) is 65.2 Å². The highest BCUT2D eigenvalue weighted by atomic mass is 19.4. The highest BCUT2D eigenvalue weighted by Crippen LogP contribution is 2.36. The molecule has 0 unspecified atom stereocenters. The Morgan fingerprint density at radius 1 is 1.45 bits per heavy atom. The molecule has 112 valence electrons. The predicted molar refractivity (Wildman–Crippen MR) is 57.8 cm³/mol. The van der Waals surface area contributed by atoms with Crippen molar-refractivity contribution in [1.82, 2.24) is 4.98 Å². The molecule has 0 aliphatic carbocycles. The zero-order valence-corrected chi connectivity index (χ0v) is 10.3. The number of carbonyl (C=O) groups is 1. The summed E-state index contributed by atoms with van der Waals surface area (Å²) in [7, 11) is 1.04. The first-order valence-electron chi connectivity index (χ1n) is 5.35. The Morgan fingerprint density at radius 2 is 2.05 bits per heavy atom. The number of carbonyl (C=O) groups excluding carboxylic acids is 1. The number of hydrogen-bond acceptors (Lipinski definition) is 4. The number of ether oxygens (including phenoxy) is 1. The average Bonchev–Trinajstić information content (AvgIpc) is 2.36. The van der Waals surface area contributed by atoms with Gasteiger partial charge in [-0.25, -0.2) is 13.8 Å². The van der Waals surface area contributed by atoms with Crippen molar-refractivity contribution in [3.05, 3.63) is 28.6 Å². The van der Waals surface area contributed by atoms with E-state index in [1.165, 1.54) is 0 Å². The molecule has 9 heteroatoms. The Morgan fingerprint density at radius 3 is 2.45 bits per heavy atom. The van der Waals surface area contributed by atoms with Gasteiger partial charge in [0.2, 0.25) is 0 Å². The number of pyridine rings is 1. The van der Waals surface area contributed by atoms with E-state index in [1.54, 1.807) is 0 Å². The van der Waals surface area contributed by atoms with Crippen molar-refractivity contribution in [2.75, 3.05) is 7.11 Å². The van der Waals surface area contributed by atoms with Crippen molar-refractivity contribution < 1.29 is 31.5 Å². The lowest BCUT2D eigenvalue weighted by molar-refractivity contribution is -0.144. The van der Waals surface area contributed by atoms with Crippen molar-refractivity contribution in [1.29, 1.82) is 0 Å². The lowest BCUT2D eigenvalue weighted by atomic mass is 10.1. The molecule has 0 aliphatic heterocycles. The van der Waals surface area contributed by atoms with E-state index in [2.05, 4.69) is 9.72 Å². The standard InChI is InChI=1S/C11H11F5N2O2/c1-20-8(19)3-7-5(4-17)2-6(10(12)13)9(18-7)11(14,15)16/h2,10H,3-4,17H2,1H3. The zero-order valence-electron chi connectivity index (χ0n) is 10.3. The first-order chi connectivity index (χ1) is 9.20. The molecule has 2 N–H and O–H groups in total. The van der Waals surface area contributed by atoms with Gasteiger partial charge in [-0.15, -0.1) is 0 Å². The molecular formula is C11H11F5N2O2. The van der Waals surface area contributed by atoms with E-state index in [0.29, 0.717) is 6.07 Å². The number of alkyl halides is 5. The number of nitrogens with two attached hydrogens (primary N) is 1. The van der Waals surface area contributed by atoms with E-state index < -0.39 is 36.2 Å². The fraction of sp³-hybridized carbons (Fsp3) is 0.455. The summed E-state index contributed by atoms with van der Waals surface area (Å²) in [5.41, 5.74) is 1.92. The zero-order chi connectivity index (χ0) is 15.5. The minimum Gasteiger partial charge on any atom is -0.469 e. The number of halogens is 5. The van der Waals surface area contributed by atoms with Crippen LogP contribution in [0, 0.1) is 0 Å². The van der Waals surface area contributed by atoms with Crippen LogP contribution in [0.25, 0.3) is 0 Å². The first kappa shape index (κ1) is 16.3. The molecule has 1 heterocycles. The van der Waals surface area contributed by atoms with Crippen LogP contribution in [0.15, 0.2) is 6.07 Å². The van der Waals surface area contributed by atoms with Crippen LogP contribution >= 0.6 is 0 Å². The fourth-order valence-electron chi connectivity index (χ4n) is 1.54. The molecule has 0 aromatic carbocycles. The number of methoxy groups -OCH3 is 1. The van der Waals surface area contributed by atoms with E-state index in [1.807, 2.05) is 0 Å². The number of hydrogen-bond donors (Lipinski definition) is 1. The molecule has 4 nitrogen and oxygen atoms in total. The van der Waals surface area contributed by atoms with Gasteiger partial charge in [0.25, 0.3) is 6.43 Å². The van der Waals surface area contributed by atoms with Crippen molar-refractivity contribution in [2.45, 2.75) is 25.6 Å². The maximum atomic E-state index is 12.7. The Hall–Kier alpha value is -1.77. The molecule has 0 saturated heterocycles. The first-order valence-corrected chi connectivity index (χ1v) is 5.35. The normalized spacial score (nSPS) is 11.8. The summed E-state index contributed by atoms with van der Waals surface area (Å²) in [6.07, 6.45) is -8.98. The molecule has 0 amide bonds. The Balaban J connectivity index is 3.42. The van der Waals surface area contributed by atoms with E-state index in [-0.39, 0.29) is 17.8 Å². The summed E-state index contributed by atoms with van der Waals surface area (Å²) in [5, 5.41) is 0. The van der Waals surface area contributed by atoms with Crippen LogP contribution in [0.1, 0.15) is 28.9 Å². The van der Waals surface area contributed by atoms with Gasteiger partial charge in [-0.3, -0.25) is 4.79 Å². The maximum Gasteiger partial charge on any atom is 0.433 e. The van der Waals surface area contributed by atoms with Crippen LogP contribution in [0.3, 0.4) is 0 Å². The molecule has 0 bridgehead atoms. The van der Waals surface area contributed by atoms with Gasteiger partial charge in [0.15, 0.2) is 5.69 Å². The van der Waals surface area contributed by atoms with Gasteiger partial charge >= 0.3 is 12.1 Å². The van der Waals surface area contributed by atoms with E-state index >= 15 is 0 Å². The van der Waals surface area contributed by atoms with Gasteiger partial charge < -0.3 is 10.5 Å². The number of esters is 1. The van der Waals surface area contributed by atoms with Gasteiger partial charge in [0.1, 0.15) is 0 Å². The highest BCUT2D eigenvalue weighted by molar-refractivity contribution is 5.72.